The van der Waals surface area contributed by atoms with Crippen molar-refractivity contribution in [2.24, 2.45) is 0 Å². The number of ether oxygens (including phenoxy) is 1. The third-order valence-electron chi connectivity index (χ3n) is 4.89. The number of carbonyl (C=O) groups is 1. The van der Waals surface area contributed by atoms with Gasteiger partial charge in [0.1, 0.15) is 5.75 Å². The summed E-state index contributed by atoms with van der Waals surface area (Å²) in [5, 5.41) is 5.66. The second-order valence-corrected chi connectivity index (χ2v) is 9.59. The number of para-hydroxylation sites is 1. The molecule has 0 aromatic heterocycles. The Morgan fingerprint density at radius 2 is 1.74 bits per heavy atom. The molecule has 0 unspecified atom stereocenters. The molecule has 0 radical (unpaired) electrons. The highest BCUT2D eigenvalue weighted by Crippen LogP contribution is 2.22. The van der Waals surface area contributed by atoms with Gasteiger partial charge >= 0.3 is 0 Å². The quantitative estimate of drug-likeness (QED) is 0.610. The summed E-state index contributed by atoms with van der Waals surface area (Å²) in [6.07, 6.45) is 3.67. The lowest BCUT2D eigenvalue weighted by molar-refractivity contribution is 0.0973. The molecule has 2 N–H and O–H groups in total. The van der Waals surface area contributed by atoms with Crippen molar-refractivity contribution >= 4 is 38.9 Å². The van der Waals surface area contributed by atoms with Crippen LogP contribution in [0, 0.1) is 0 Å². The van der Waals surface area contributed by atoms with Gasteiger partial charge in [0.15, 0.2) is 5.11 Å². The maximum atomic E-state index is 12.7. The Hall–Kier alpha value is -2.49. The van der Waals surface area contributed by atoms with Gasteiger partial charge in [-0.15, -0.1) is 0 Å². The Kier molecular flexibility index (Phi) is 8.00. The van der Waals surface area contributed by atoms with Crippen LogP contribution in [0.2, 0.25) is 0 Å². The van der Waals surface area contributed by atoms with Crippen molar-refractivity contribution < 1.29 is 17.9 Å². The molecule has 1 amide bonds. The zero-order chi connectivity index (χ0) is 22.3. The fourth-order valence-electron chi connectivity index (χ4n) is 3.29. The molecule has 1 aliphatic heterocycles. The second-order valence-electron chi connectivity index (χ2n) is 7.24. The van der Waals surface area contributed by atoms with Gasteiger partial charge in [0, 0.05) is 18.8 Å². The average Bonchev–Trinajstić information content (AvgIpc) is 2.78. The van der Waals surface area contributed by atoms with Crippen molar-refractivity contribution in [2.75, 3.05) is 25.0 Å². The first-order valence-corrected chi connectivity index (χ1v) is 12.2. The number of nitrogens with one attached hydrogen (secondary N) is 2. The van der Waals surface area contributed by atoms with Gasteiger partial charge in [0.2, 0.25) is 10.0 Å². The number of sulfonamides is 1. The Morgan fingerprint density at radius 1 is 1.06 bits per heavy atom. The summed E-state index contributed by atoms with van der Waals surface area (Å²) in [6, 6.07) is 13.3. The molecule has 2 aromatic carbocycles. The molecule has 0 saturated carbocycles. The minimum atomic E-state index is -3.49. The monoisotopic (exact) mass is 461 g/mol. The van der Waals surface area contributed by atoms with Crippen LogP contribution in [-0.2, 0) is 10.0 Å². The average molecular weight is 462 g/mol. The number of piperidine rings is 1. The number of rotatable bonds is 7. The molecule has 1 aliphatic rings. The molecule has 166 valence electrons. The normalized spacial score (nSPS) is 14.6. The maximum Gasteiger partial charge on any atom is 0.261 e. The first-order valence-electron chi connectivity index (χ1n) is 10.4. The number of amides is 1. The minimum Gasteiger partial charge on any atom is -0.493 e. The molecular formula is C22H27N3O4S2. The van der Waals surface area contributed by atoms with Gasteiger partial charge in [-0.05, 0) is 67.9 Å². The molecular weight excluding hydrogens is 434 g/mol. The highest BCUT2D eigenvalue weighted by molar-refractivity contribution is 7.89. The van der Waals surface area contributed by atoms with Crippen LogP contribution in [0.15, 0.2) is 53.4 Å². The first-order chi connectivity index (χ1) is 14.9. The minimum absolute atomic E-state index is 0.113. The van der Waals surface area contributed by atoms with Crippen molar-refractivity contribution in [2.45, 2.75) is 37.5 Å². The Bertz CT molecular complexity index is 1020. The van der Waals surface area contributed by atoms with Gasteiger partial charge in [-0.2, -0.15) is 4.31 Å². The molecule has 1 saturated heterocycles. The van der Waals surface area contributed by atoms with E-state index < -0.39 is 10.0 Å². The number of anilines is 1. The van der Waals surface area contributed by atoms with E-state index in [1.54, 1.807) is 48.5 Å². The van der Waals surface area contributed by atoms with Crippen LogP contribution in [0.5, 0.6) is 5.75 Å². The molecule has 0 aliphatic carbocycles. The summed E-state index contributed by atoms with van der Waals surface area (Å²) in [6.45, 7) is 3.62. The van der Waals surface area contributed by atoms with E-state index in [0.717, 1.165) is 25.7 Å². The lowest BCUT2D eigenvalue weighted by Gasteiger charge is -2.25. The molecule has 31 heavy (non-hydrogen) atoms. The van der Waals surface area contributed by atoms with Crippen molar-refractivity contribution in [1.29, 1.82) is 0 Å². The van der Waals surface area contributed by atoms with Gasteiger partial charge < -0.3 is 10.1 Å². The fraction of sp³-hybridized carbons (Fsp3) is 0.364. The van der Waals surface area contributed by atoms with Crippen LogP contribution >= 0.6 is 12.2 Å². The summed E-state index contributed by atoms with van der Waals surface area (Å²) in [4.78, 5) is 12.8. The fourth-order valence-corrected chi connectivity index (χ4v) is 5.02. The molecule has 0 spiro atoms. The van der Waals surface area contributed by atoms with E-state index in [0.29, 0.717) is 36.7 Å². The number of thiocarbonyl (C=S) groups is 1. The van der Waals surface area contributed by atoms with E-state index >= 15 is 0 Å². The first kappa shape index (κ1) is 23.2. The highest BCUT2D eigenvalue weighted by atomic mass is 32.2. The number of nitrogens with zero attached hydrogens (tertiary/aromatic N) is 1. The Morgan fingerprint density at radius 3 is 2.42 bits per heavy atom. The van der Waals surface area contributed by atoms with Gasteiger partial charge in [0.05, 0.1) is 17.1 Å². The lowest BCUT2D eigenvalue weighted by atomic mass is 10.2. The molecule has 0 bridgehead atoms. The SMILES string of the molecule is CCCOc1ccccc1C(=O)NC(=S)Nc1ccc(S(=O)(=O)N2CCCCC2)cc1. The van der Waals surface area contributed by atoms with Crippen LogP contribution < -0.4 is 15.4 Å². The summed E-state index contributed by atoms with van der Waals surface area (Å²) in [7, 11) is -3.49. The third-order valence-corrected chi connectivity index (χ3v) is 7.00. The number of benzene rings is 2. The van der Waals surface area contributed by atoms with Crippen LogP contribution in [0.3, 0.4) is 0 Å². The lowest BCUT2D eigenvalue weighted by Crippen LogP contribution is -2.35. The molecule has 2 aromatic rings. The van der Waals surface area contributed by atoms with E-state index in [9.17, 15) is 13.2 Å². The van der Waals surface area contributed by atoms with E-state index in [-0.39, 0.29) is 15.9 Å². The molecule has 9 heteroatoms. The molecule has 0 atom stereocenters. The zero-order valence-corrected chi connectivity index (χ0v) is 19.1. The van der Waals surface area contributed by atoms with E-state index in [4.69, 9.17) is 17.0 Å². The molecule has 1 heterocycles. The topological polar surface area (TPSA) is 87.7 Å². The largest absolute Gasteiger partial charge is 0.493 e. The molecule has 1 fully saturated rings. The van der Waals surface area contributed by atoms with Gasteiger partial charge in [-0.1, -0.05) is 25.5 Å². The van der Waals surface area contributed by atoms with E-state index in [1.807, 2.05) is 6.92 Å². The van der Waals surface area contributed by atoms with Crippen LogP contribution in [0.4, 0.5) is 5.69 Å². The zero-order valence-electron chi connectivity index (χ0n) is 17.5. The number of hydrogen-bond acceptors (Lipinski definition) is 5. The maximum absolute atomic E-state index is 12.7. The highest BCUT2D eigenvalue weighted by Gasteiger charge is 2.25. The van der Waals surface area contributed by atoms with Crippen LogP contribution in [-0.4, -0.2) is 43.4 Å². The Balaban J connectivity index is 1.62. The predicted molar refractivity (Wildman–Crippen MR) is 125 cm³/mol. The van der Waals surface area contributed by atoms with Crippen LogP contribution in [0.1, 0.15) is 43.0 Å². The standard InChI is InChI=1S/C22H27N3O4S2/c1-2-16-29-20-9-5-4-8-19(20)21(26)24-22(30)23-17-10-12-18(13-11-17)31(27,28)25-14-6-3-7-15-25/h4-5,8-13H,2-3,6-7,14-16H2,1H3,(H2,23,24,26,30). The molecule has 7 nitrogen and oxygen atoms in total. The van der Waals surface area contributed by atoms with Crippen LogP contribution in [0.25, 0.3) is 0 Å². The van der Waals surface area contributed by atoms with E-state index in [1.165, 1.54) is 4.31 Å². The summed E-state index contributed by atoms with van der Waals surface area (Å²) in [5.74, 6) is 0.116. The van der Waals surface area contributed by atoms with Crippen molar-refractivity contribution in [3.8, 4) is 5.75 Å². The summed E-state index contributed by atoms with van der Waals surface area (Å²) >= 11 is 5.24. The van der Waals surface area contributed by atoms with Gasteiger partial charge in [0.25, 0.3) is 5.91 Å². The van der Waals surface area contributed by atoms with Crippen molar-refractivity contribution in [3.63, 3.8) is 0 Å². The molecule has 3 rings (SSSR count). The van der Waals surface area contributed by atoms with Gasteiger partial charge in [-0.25, -0.2) is 8.42 Å². The third kappa shape index (κ3) is 6.03. The summed E-state index contributed by atoms with van der Waals surface area (Å²) < 4.78 is 32.6. The van der Waals surface area contributed by atoms with E-state index in [2.05, 4.69) is 10.6 Å². The summed E-state index contributed by atoms with van der Waals surface area (Å²) in [5.41, 5.74) is 0.974. The van der Waals surface area contributed by atoms with Crippen molar-refractivity contribution in [3.05, 3.63) is 54.1 Å². The number of hydrogen-bond donors (Lipinski definition) is 2. The van der Waals surface area contributed by atoms with Crippen molar-refractivity contribution in [1.82, 2.24) is 9.62 Å². The Labute approximate surface area is 188 Å². The second kappa shape index (κ2) is 10.7. The smallest absolute Gasteiger partial charge is 0.261 e. The number of carbonyl (C=O) groups excluding carboxylic acids is 1. The predicted octanol–water partition coefficient (Wildman–Crippen LogP) is 3.78. The van der Waals surface area contributed by atoms with Gasteiger partial charge in [-0.3, -0.25) is 10.1 Å².